The van der Waals surface area contributed by atoms with Crippen LogP contribution in [0.1, 0.15) is 76.3 Å². The average molecular weight is 405 g/mol. The van der Waals surface area contributed by atoms with Crippen molar-refractivity contribution in [1.82, 2.24) is 5.32 Å². The number of hydrogen-bond acceptors (Lipinski definition) is 3. The molecule has 0 bridgehead atoms. The molecular formula is C25H27NO4. The lowest BCUT2D eigenvalue weighted by Gasteiger charge is -2.21. The molecular weight excluding hydrogens is 378 g/mol. The molecule has 0 atom stereocenters. The molecule has 3 rings (SSSR count). The molecule has 1 fully saturated rings. The molecule has 2 N–H and O–H groups in total. The van der Waals surface area contributed by atoms with E-state index < -0.39 is 5.97 Å². The van der Waals surface area contributed by atoms with Gasteiger partial charge in [-0.15, -0.1) is 0 Å². The fraction of sp³-hybridized carbons (Fsp3) is 0.320. The lowest BCUT2D eigenvalue weighted by atomic mass is 9.84. The fourth-order valence-electron chi connectivity index (χ4n) is 3.75. The van der Waals surface area contributed by atoms with E-state index in [0.29, 0.717) is 17.0 Å². The number of benzene rings is 2. The highest BCUT2D eigenvalue weighted by atomic mass is 16.4. The summed E-state index contributed by atoms with van der Waals surface area (Å²) in [5.41, 5.74) is 3.25. The van der Waals surface area contributed by atoms with Crippen LogP contribution in [-0.2, 0) is 4.79 Å². The Morgan fingerprint density at radius 2 is 1.53 bits per heavy atom. The quantitative estimate of drug-likeness (QED) is 0.486. The first-order valence-corrected chi connectivity index (χ1v) is 10.5. The van der Waals surface area contributed by atoms with Crippen molar-refractivity contribution in [2.75, 3.05) is 6.54 Å². The first-order chi connectivity index (χ1) is 14.5. The Hall–Kier alpha value is -3.21. The molecule has 5 nitrogen and oxygen atoms in total. The van der Waals surface area contributed by atoms with Crippen LogP contribution in [0.2, 0.25) is 0 Å². The normalized spacial score (nSPS) is 14.5. The molecule has 1 aliphatic carbocycles. The number of carbonyl (C=O) groups is 3. The van der Waals surface area contributed by atoms with Gasteiger partial charge in [0.1, 0.15) is 0 Å². The predicted octanol–water partition coefficient (Wildman–Crippen LogP) is 4.83. The van der Waals surface area contributed by atoms with E-state index in [0.717, 1.165) is 5.56 Å². The maximum atomic E-state index is 12.5. The molecule has 1 saturated carbocycles. The summed E-state index contributed by atoms with van der Waals surface area (Å²) in [5, 5.41) is 11.2. The number of allylic oxidation sites excluding steroid dienone is 1. The highest BCUT2D eigenvalue weighted by Gasteiger charge is 2.15. The van der Waals surface area contributed by atoms with E-state index in [4.69, 9.17) is 5.11 Å². The zero-order valence-electron chi connectivity index (χ0n) is 17.0. The van der Waals surface area contributed by atoms with Crippen LogP contribution in [0.4, 0.5) is 0 Å². The molecule has 0 unspecified atom stereocenters. The minimum absolute atomic E-state index is 0.0549. The van der Waals surface area contributed by atoms with Gasteiger partial charge in [-0.2, -0.15) is 0 Å². The van der Waals surface area contributed by atoms with Crippen molar-refractivity contribution >= 4 is 23.7 Å². The van der Waals surface area contributed by atoms with Crippen molar-refractivity contribution in [2.45, 2.75) is 44.4 Å². The molecule has 0 heterocycles. The SMILES string of the molecule is O=C(O)CCNC(=O)c1ccc(/C=C/C(=O)c2ccc(C3CCCCC3)cc2)cc1. The topological polar surface area (TPSA) is 83.5 Å². The van der Waals surface area contributed by atoms with Crippen LogP contribution in [0.25, 0.3) is 6.08 Å². The lowest BCUT2D eigenvalue weighted by molar-refractivity contribution is -0.136. The highest BCUT2D eigenvalue weighted by molar-refractivity contribution is 6.06. The minimum Gasteiger partial charge on any atom is -0.481 e. The van der Waals surface area contributed by atoms with Gasteiger partial charge in [0.2, 0.25) is 0 Å². The monoisotopic (exact) mass is 405 g/mol. The van der Waals surface area contributed by atoms with Gasteiger partial charge in [-0.3, -0.25) is 14.4 Å². The van der Waals surface area contributed by atoms with Crippen molar-refractivity contribution in [3.63, 3.8) is 0 Å². The predicted molar refractivity (Wildman–Crippen MR) is 117 cm³/mol. The average Bonchev–Trinajstić information content (AvgIpc) is 2.78. The van der Waals surface area contributed by atoms with E-state index in [1.807, 2.05) is 12.1 Å². The van der Waals surface area contributed by atoms with Gasteiger partial charge in [0.25, 0.3) is 5.91 Å². The highest BCUT2D eigenvalue weighted by Crippen LogP contribution is 2.32. The van der Waals surface area contributed by atoms with Gasteiger partial charge >= 0.3 is 5.97 Å². The molecule has 156 valence electrons. The van der Waals surface area contributed by atoms with Gasteiger partial charge in [-0.25, -0.2) is 0 Å². The van der Waals surface area contributed by atoms with E-state index in [1.165, 1.54) is 43.7 Å². The Balaban J connectivity index is 1.55. The summed E-state index contributed by atoms with van der Waals surface area (Å²) in [6.45, 7) is 0.0872. The third-order valence-electron chi connectivity index (χ3n) is 5.50. The molecule has 5 heteroatoms. The minimum atomic E-state index is -0.955. The van der Waals surface area contributed by atoms with E-state index in [-0.39, 0.29) is 24.7 Å². The van der Waals surface area contributed by atoms with Crippen LogP contribution in [0.5, 0.6) is 0 Å². The number of carboxylic acids is 1. The van der Waals surface area contributed by atoms with Gasteiger partial charge < -0.3 is 10.4 Å². The Morgan fingerprint density at radius 1 is 0.900 bits per heavy atom. The van der Waals surface area contributed by atoms with Gasteiger partial charge in [0, 0.05) is 17.7 Å². The number of aliphatic carboxylic acids is 1. The second-order valence-corrected chi connectivity index (χ2v) is 7.68. The van der Waals surface area contributed by atoms with Crippen molar-refractivity contribution in [1.29, 1.82) is 0 Å². The molecule has 0 spiro atoms. The summed E-state index contributed by atoms with van der Waals surface area (Å²) in [6.07, 6.45) is 9.53. The van der Waals surface area contributed by atoms with Crippen LogP contribution < -0.4 is 5.32 Å². The van der Waals surface area contributed by atoms with Crippen LogP contribution in [-0.4, -0.2) is 29.3 Å². The Bertz CT molecular complexity index is 907. The summed E-state index contributed by atoms with van der Waals surface area (Å²) in [5.74, 6) is -0.705. The number of carbonyl (C=O) groups excluding carboxylic acids is 2. The fourth-order valence-corrected chi connectivity index (χ4v) is 3.75. The Kier molecular flexibility index (Phi) is 7.55. The zero-order chi connectivity index (χ0) is 21.3. The van der Waals surface area contributed by atoms with Crippen LogP contribution >= 0.6 is 0 Å². The summed E-state index contributed by atoms with van der Waals surface area (Å²) >= 11 is 0. The van der Waals surface area contributed by atoms with Crippen molar-refractivity contribution in [3.8, 4) is 0 Å². The summed E-state index contributed by atoms with van der Waals surface area (Å²) in [6, 6.07) is 14.8. The van der Waals surface area contributed by atoms with E-state index in [2.05, 4.69) is 17.4 Å². The second-order valence-electron chi connectivity index (χ2n) is 7.68. The van der Waals surface area contributed by atoms with Gasteiger partial charge in [-0.1, -0.05) is 61.7 Å². The van der Waals surface area contributed by atoms with E-state index >= 15 is 0 Å². The third-order valence-corrected chi connectivity index (χ3v) is 5.50. The van der Waals surface area contributed by atoms with Crippen molar-refractivity contribution < 1.29 is 19.5 Å². The Morgan fingerprint density at radius 3 is 2.17 bits per heavy atom. The summed E-state index contributed by atoms with van der Waals surface area (Å²) < 4.78 is 0. The molecule has 1 aliphatic rings. The lowest BCUT2D eigenvalue weighted by Crippen LogP contribution is -2.25. The summed E-state index contributed by atoms with van der Waals surface area (Å²) in [4.78, 5) is 34.9. The standard InChI is InChI=1S/C25H27NO4/c27-23(21-13-11-20(12-14-21)19-4-2-1-3-5-19)15-8-18-6-9-22(10-7-18)25(30)26-17-16-24(28)29/h6-15,19H,1-5,16-17H2,(H,26,30)(H,28,29)/b15-8+. The van der Waals surface area contributed by atoms with Crippen molar-refractivity contribution in [3.05, 3.63) is 76.9 Å². The van der Waals surface area contributed by atoms with Crippen LogP contribution in [0.3, 0.4) is 0 Å². The van der Waals surface area contributed by atoms with Crippen LogP contribution in [0, 0.1) is 0 Å². The first kappa shape index (κ1) is 21.5. The number of carboxylic acid groups (broad SMARTS) is 1. The number of ketones is 1. The summed E-state index contributed by atoms with van der Waals surface area (Å²) in [7, 11) is 0. The molecule has 0 aromatic heterocycles. The number of rotatable bonds is 8. The van der Waals surface area contributed by atoms with Gasteiger partial charge in [-0.05, 0) is 48.1 Å². The maximum Gasteiger partial charge on any atom is 0.305 e. The van der Waals surface area contributed by atoms with Gasteiger partial charge in [0.15, 0.2) is 5.78 Å². The third kappa shape index (κ3) is 6.14. The van der Waals surface area contributed by atoms with Crippen molar-refractivity contribution in [2.24, 2.45) is 0 Å². The zero-order valence-corrected chi connectivity index (χ0v) is 17.0. The number of amides is 1. The molecule has 2 aromatic rings. The largest absolute Gasteiger partial charge is 0.481 e. The smallest absolute Gasteiger partial charge is 0.305 e. The number of hydrogen-bond donors (Lipinski definition) is 2. The number of nitrogens with one attached hydrogen (secondary N) is 1. The molecule has 0 aliphatic heterocycles. The second kappa shape index (κ2) is 10.5. The van der Waals surface area contributed by atoms with E-state index in [9.17, 15) is 14.4 Å². The van der Waals surface area contributed by atoms with E-state index in [1.54, 1.807) is 30.3 Å². The molecule has 1 amide bonds. The molecule has 2 aromatic carbocycles. The maximum absolute atomic E-state index is 12.5. The molecule has 0 radical (unpaired) electrons. The van der Waals surface area contributed by atoms with Crippen LogP contribution in [0.15, 0.2) is 54.6 Å². The first-order valence-electron chi connectivity index (χ1n) is 10.5. The molecule has 30 heavy (non-hydrogen) atoms. The van der Waals surface area contributed by atoms with Gasteiger partial charge in [0.05, 0.1) is 6.42 Å². The Labute approximate surface area is 176 Å². The molecule has 0 saturated heterocycles.